The molecule has 0 bridgehead atoms. The third kappa shape index (κ3) is 3.00. The second kappa shape index (κ2) is 7.32. The molecular formula is C27H28N2O. The van der Waals surface area contributed by atoms with Crippen LogP contribution < -0.4 is 5.32 Å². The monoisotopic (exact) mass is 396 g/mol. The SMILES string of the molecule is CC(C)c1cc2oc3ccccc3c2c(C(C)C)c1C1CN=C(c2ccccc2)N1. The zero-order chi connectivity index (χ0) is 20.8. The maximum absolute atomic E-state index is 6.29. The van der Waals surface area contributed by atoms with Crippen molar-refractivity contribution in [3.63, 3.8) is 0 Å². The topological polar surface area (TPSA) is 37.5 Å². The number of hydrogen-bond acceptors (Lipinski definition) is 3. The first-order valence-corrected chi connectivity index (χ1v) is 10.9. The van der Waals surface area contributed by atoms with E-state index in [-0.39, 0.29) is 6.04 Å². The molecule has 1 N–H and O–H groups in total. The first-order chi connectivity index (χ1) is 14.5. The van der Waals surface area contributed by atoms with Gasteiger partial charge in [-0.05, 0) is 40.7 Å². The van der Waals surface area contributed by atoms with Crippen molar-refractivity contribution in [2.75, 3.05) is 6.54 Å². The van der Waals surface area contributed by atoms with Crippen LogP contribution in [0.2, 0.25) is 0 Å². The molecule has 5 rings (SSSR count). The van der Waals surface area contributed by atoms with E-state index in [1.807, 2.05) is 12.1 Å². The molecule has 0 fully saturated rings. The Labute approximate surface area is 177 Å². The van der Waals surface area contributed by atoms with Crippen LogP contribution in [0.4, 0.5) is 0 Å². The lowest BCUT2D eigenvalue weighted by atomic mass is 9.82. The lowest BCUT2D eigenvalue weighted by Crippen LogP contribution is -2.26. The number of hydrogen-bond donors (Lipinski definition) is 1. The Kier molecular flexibility index (Phi) is 4.62. The summed E-state index contributed by atoms with van der Waals surface area (Å²) in [6, 6.07) is 21.2. The number of para-hydroxylation sites is 1. The molecule has 0 saturated carbocycles. The summed E-state index contributed by atoms with van der Waals surface area (Å²) in [5.74, 6) is 1.77. The molecule has 1 aliphatic heterocycles. The number of nitrogens with zero attached hydrogens (tertiary/aromatic N) is 1. The fraction of sp³-hybridized carbons (Fsp3) is 0.296. The quantitative estimate of drug-likeness (QED) is 0.406. The van der Waals surface area contributed by atoms with E-state index in [9.17, 15) is 0 Å². The lowest BCUT2D eigenvalue weighted by Gasteiger charge is -2.25. The summed E-state index contributed by atoms with van der Waals surface area (Å²) >= 11 is 0. The number of rotatable bonds is 4. The molecule has 2 heterocycles. The van der Waals surface area contributed by atoms with Gasteiger partial charge >= 0.3 is 0 Å². The van der Waals surface area contributed by atoms with Crippen LogP contribution in [0.1, 0.15) is 67.8 Å². The highest BCUT2D eigenvalue weighted by Crippen LogP contribution is 2.43. The van der Waals surface area contributed by atoms with Crippen molar-refractivity contribution in [2.24, 2.45) is 4.99 Å². The van der Waals surface area contributed by atoms with E-state index in [2.05, 4.69) is 81.5 Å². The third-order valence-electron chi connectivity index (χ3n) is 6.12. The van der Waals surface area contributed by atoms with Crippen LogP contribution in [-0.2, 0) is 0 Å². The van der Waals surface area contributed by atoms with Crippen LogP contribution >= 0.6 is 0 Å². The van der Waals surface area contributed by atoms with Crippen LogP contribution in [0.3, 0.4) is 0 Å². The number of furan rings is 1. The zero-order valence-corrected chi connectivity index (χ0v) is 18.1. The van der Waals surface area contributed by atoms with Crippen LogP contribution in [-0.4, -0.2) is 12.4 Å². The Morgan fingerprint density at radius 1 is 0.900 bits per heavy atom. The molecule has 1 aliphatic rings. The lowest BCUT2D eigenvalue weighted by molar-refractivity contribution is 0.652. The van der Waals surface area contributed by atoms with Gasteiger partial charge in [0.15, 0.2) is 0 Å². The van der Waals surface area contributed by atoms with Gasteiger partial charge in [0.25, 0.3) is 0 Å². The summed E-state index contributed by atoms with van der Waals surface area (Å²) in [6.07, 6.45) is 0. The number of benzene rings is 3. The van der Waals surface area contributed by atoms with Gasteiger partial charge in [0.05, 0.1) is 12.6 Å². The van der Waals surface area contributed by atoms with Gasteiger partial charge in [0.1, 0.15) is 17.0 Å². The van der Waals surface area contributed by atoms with Gasteiger partial charge < -0.3 is 9.73 Å². The molecule has 0 spiro atoms. The fourth-order valence-corrected chi connectivity index (χ4v) is 4.79. The van der Waals surface area contributed by atoms with Gasteiger partial charge in [-0.15, -0.1) is 0 Å². The minimum absolute atomic E-state index is 0.174. The van der Waals surface area contributed by atoms with E-state index in [1.54, 1.807) is 0 Å². The van der Waals surface area contributed by atoms with Gasteiger partial charge in [-0.2, -0.15) is 0 Å². The van der Waals surface area contributed by atoms with Crippen LogP contribution in [0.25, 0.3) is 21.9 Å². The molecule has 0 amide bonds. The van der Waals surface area contributed by atoms with Crippen molar-refractivity contribution in [3.05, 3.63) is 82.9 Å². The summed E-state index contributed by atoms with van der Waals surface area (Å²) in [5, 5.41) is 6.20. The maximum Gasteiger partial charge on any atom is 0.136 e. The molecule has 152 valence electrons. The Balaban J connectivity index is 1.72. The van der Waals surface area contributed by atoms with Crippen LogP contribution in [0, 0.1) is 0 Å². The Hall–Kier alpha value is -3.07. The predicted molar refractivity (Wildman–Crippen MR) is 126 cm³/mol. The number of nitrogens with one attached hydrogen (secondary N) is 1. The predicted octanol–water partition coefficient (Wildman–Crippen LogP) is 6.92. The first-order valence-electron chi connectivity index (χ1n) is 10.9. The van der Waals surface area contributed by atoms with E-state index >= 15 is 0 Å². The molecule has 0 radical (unpaired) electrons. The fourth-order valence-electron chi connectivity index (χ4n) is 4.79. The molecule has 0 aliphatic carbocycles. The molecule has 0 saturated heterocycles. The zero-order valence-electron chi connectivity index (χ0n) is 18.1. The average Bonchev–Trinajstić information content (AvgIpc) is 3.37. The van der Waals surface area contributed by atoms with Crippen molar-refractivity contribution in [1.82, 2.24) is 5.32 Å². The van der Waals surface area contributed by atoms with Crippen molar-refractivity contribution < 1.29 is 4.42 Å². The molecule has 3 heteroatoms. The normalized spacial score (nSPS) is 16.6. The highest BCUT2D eigenvalue weighted by atomic mass is 16.3. The summed E-state index contributed by atoms with van der Waals surface area (Å²) in [7, 11) is 0. The van der Waals surface area contributed by atoms with E-state index in [4.69, 9.17) is 9.41 Å². The first kappa shape index (κ1) is 18.9. The van der Waals surface area contributed by atoms with Gasteiger partial charge in [-0.3, -0.25) is 4.99 Å². The molecule has 3 aromatic carbocycles. The summed E-state index contributed by atoms with van der Waals surface area (Å²) in [6.45, 7) is 9.87. The molecule has 1 atom stereocenters. The molecule has 30 heavy (non-hydrogen) atoms. The van der Waals surface area contributed by atoms with Crippen LogP contribution in [0.15, 0.2) is 70.1 Å². The highest BCUT2D eigenvalue weighted by Gasteiger charge is 2.29. The summed E-state index contributed by atoms with van der Waals surface area (Å²) < 4.78 is 6.29. The van der Waals surface area contributed by atoms with E-state index < -0.39 is 0 Å². The van der Waals surface area contributed by atoms with Crippen molar-refractivity contribution >= 4 is 27.8 Å². The Bertz CT molecular complexity index is 1250. The van der Waals surface area contributed by atoms with Crippen LogP contribution in [0.5, 0.6) is 0 Å². The molecule has 1 unspecified atom stereocenters. The van der Waals surface area contributed by atoms with Gasteiger partial charge in [0, 0.05) is 16.3 Å². The smallest absolute Gasteiger partial charge is 0.136 e. The standard InChI is InChI=1S/C27H28N2O/c1-16(2)20-14-23-26(19-12-8-9-13-22(19)30-23)24(17(3)4)25(20)21-15-28-27(29-21)18-10-6-5-7-11-18/h5-14,16-17,21H,15H2,1-4H3,(H,28,29). The van der Waals surface area contributed by atoms with Crippen molar-refractivity contribution in [1.29, 1.82) is 0 Å². The maximum atomic E-state index is 6.29. The number of fused-ring (bicyclic) bond motifs is 3. The van der Waals surface area contributed by atoms with Crippen molar-refractivity contribution in [3.8, 4) is 0 Å². The average molecular weight is 397 g/mol. The Morgan fingerprint density at radius 3 is 2.37 bits per heavy atom. The number of aliphatic imine (C=N–C) groups is 1. The summed E-state index contributed by atoms with van der Waals surface area (Å²) in [5.41, 5.74) is 7.24. The molecule has 4 aromatic rings. The molecule has 1 aromatic heterocycles. The highest BCUT2D eigenvalue weighted by molar-refractivity contribution is 6.08. The largest absolute Gasteiger partial charge is 0.456 e. The van der Waals surface area contributed by atoms with E-state index in [0.29, 0.717) is 11.8 Å². The van der Waals surface area contributed by atoms with Crippen molar-refractivity contribution in [2.45, 2.75) is 45.6 Å². The minimum Gasteiger partial charge on any atom is -0.456 e. The van der Waals surface area contributed by atoms with Gasteiger partial charge in [-0.25, -0.2) is 0 Å². The second-order valence-electron chi connectivity index (χ2n) is 8.83. The number of amidine groups is 1. The third-order valence-corrected chi connectivity index (χ3v) is 6.12. The molecular weight excluding hydrogens is 368 g/mol. The Morgan fingerprint density at radius 2 is 1.63 bits per heavy atom. The van der Waals surface area contributed by atoms with Gasteiger partial charge in [-0.1, -0.05) is 76.2 Å². The van der Waals surface area contributed by atoms with E-state index in [1.165, 1.54) is 27.5 Å². The second-order valence-corrected chi connectivity index (χ2v) is 8.83. The van der Waals surface area contributed by atoms with Gasteiger partial charge in [0.2, 0.25) is 0 Å². The minimum atomic E-state index is 0.174. The van der Waals surface area contributed by atoms with E-state index in [0.717, 1.165) is 29.1 Å². The molecule has 3 nitrogen and oxygen atoms in total. The summed E-state index contributed by atoms with van der Waals surface area (Å²) in [4.78, 5) is 4.88.